The Balaban J connectivity index is 1.39. The van der Waals surface area contributed by atoms with Crippen LogP contribution in [0.3, 0.4) is 0 Å². The van der Waals surface area contributed by atoms with Gasteiger partial charge < -0.3 is 20.9 Å². The number of rotatable bonds is 7. The molecule has 1 aliphatic heterocycles. The van der Waals surface area contributed by atoms with Crippen LogP contribution in [0.2, 0.25) is 0 Å². The molecule has 3 N–H and O–H groups in total. The van der Waals surface area contributed by atoms with Crippen molar-refractivity contribution in [3.05, 3.63) is 72.2 Å². The third-order valence-corrected chi connectivity index (χ3v) is 6.54. The van der Waals surface area contributed by atoms with Crippen LogP contribution < -0.4 is 16.0 Å². The number of fused-ring (bicyclic) bond motifs is 1. The Bertz CT molecular complexity index is 1380. The van der Waals surface area contributed by atoms with E-state index in [1.807, 2.05) is 38.1 Å². The number of Topliss-reactive ketones (excluding diaryl/α,β-unsaturated/α-hetero) is 1. The summed E-state index contributed by atoms with van der Waals surface area (Å²) < 4.78 is 13.9. The SMILES string of the molecule is CC(C)C[C@H](NC(=O)c1ccc2ccccc2n1)C(=O)NC1CCCN(C(=O)Nc2ccccc2F)CC1=O. The van der Waals surface area contributed by atoms with Crippen molar-refractivity contribution >= 4 is 40.2 Å². The molecule has 2 aromatic carbocycles. The van der Waals surface area contributed by atoms with Crippen molar-refractivity contribution in [2.45, 2.75) is 45.2 Å². The maximum atomic E-state index is 13.9. The molecular formula is C29H32FN5O4. The van der Waals surface area contributed by atoms with Gasteiger partial charge in [-0.15, -0.1) is 0 Å². The number of pyridine rings is 1. The maximum absolute atomic E-state index is 13.9. The fourth-order valence-corrected chi connectivity index (χ4v) is 4.51. The smallest absolute Gasteiger partial charge is 0.322 e. The number of carbonyl (C=O) groups is 4. The molecule has 0 spiro atoms. The van der Waals surface area contributed by atoms with Crippen molar-refractivity contribution in [3.8, 4) is 0 Å². The first-order valence-corrected chi connectivity index (χ1v) is 13.0. The normalized spacial score (nSPS) is 16.5. The highest BCUT2D eigenvalue weighted by Crippen LogP contribution is 2.16. The van der Waals surface area contributed by atoms with Gasteiger partial charge in [0.1, 0.15) is 17.6 Å². The largest absolute Gasteiger partial charge is 0.344 e. The Labute approximate surface area is 226 Å². The summed E-state index contributed by atoms with van der Waals surface area (Å²) >= 11 is 0. The lowest BCUT2D eigenvalue weighted by Crippen LogP contribution is -2.53. The molecular weight excluding hydrogens is 501 g/mol. The lowest BCUT2D eigenvalue weighted by atomic mass is 10.0. The molecule has 0 radical (unpaired) electrons. The van der Waals surface area contributed by atoms with Gasteiger partial charge in [0, 0.05) is 11.9 Å². The van der Waals surface area contributed by atoms with Gasteiger partial charge in [0.05, 0.1) is 23.8 Å². The molecule has 10 heteroatoms. The minimum absolute atomic E-state index is 0.0252. The van der Waals surface area contributed by atoms with Crippen LogP contribution in [0.15, 0.2) is 60.7 Å². The number of amides is 4. The molecule has 0 saturated carbocycles. The molecule has 39 heavy (non-hydrogen) atoms. The average molecular weight is 534 g/mol. The number of nitrogens with zero attached hydrogens (tertiary/aromatic N) is 2. The first kappa shape index (κ1) is 27.7. The van der Waals surface area contributed by atoms with Crippen molar-refractivity contribution in [1.29, 1.82) is 0 Å². The Hall–Kier alpha value is -4.34. The fraction of sp³-hybridized carbons (Fsp3) is 0.345. The van der Waals surface area contributed by atoms with E-state index in [9.17, 15) is 23.6 Å². The van der Waals surface area contributed by atoms with Gasteiger partial charge in [-0.05, 0) is 49.4 Å². The standard InChI is InChI=1S/C29H32FN5O4/c1-18(2)16-25(33-27(37)24-14-13-19-8-3-5-10-21(19)31-24)28(38)32-23-12-7-15-35(17-26(23)36)29(39)34-22-11-6-4-9-20(22)30/h3-6,8-11,13-14,18,23,25H,7,12,15-17H2,1-2H3,(H,32,38)(H,33,37)(H,34,39)/t23?,25-/m0/s1. The molecule has 1 aliphatic rings. The zero-order valence-electron chi connectivity index (χ0n) is 21.9. The number of ketones is 1. The lowest BCUT2D eigenvalue weighted by Gasteiger charge is -2.23. The monoisotopic (exact) mass is 533 g/mol. The fourth-order valence-electron chi connectivity index (χ4n) is 4.51. The summed E-state index contributed by atoms with van der Waals surface area (Å²) in [4.78, 5) is 57.6. The number of para-hydroxylation sites is 2. The van der Waals surface area contributed by atoms with Gasteiger partial charge >= 0.3 is 6.03 Å². The van der Waals surface area contributed by atoms with E-state index in [2.05, 4.69) is 20.9 Å². The number of anilines is 1. The highest BCUT2D eigenvalue weighted by Gasteiger charge is 2.31. The Morgan fingerprint density at radius 3 is 2.56 bits per heavy atom. The van der Waals surface area contributed by atoms with Crippen LogP contribution in [0.5, 0.6) is 0 Å². The van der Waals surface area contributed by atoms with Crippen LogP contribution >= 0.6 is 0 Å². The van der Waals surface area contributed by atoms with E-state index in [1.165, 1.54) is 23.1 Å². The van der Waals surface area contributed by atoms with Crippen molar-refractivity contribution in [2.24, 2.45) is 5.92 Å². The van der Waals surface area contributed by atoms with E-state index < -0.39 is 35.7 Å². The number of benzene rings is 2. The first-order valence-electron chi connectivity index (χ1n) is 13.0. The highest BCUT2D eigenvalue weighted by atomic mass is 19.1. The van der Waals surface area contributed by atoms with Gasteiger partial charge in [-0.3, -0.25) is 14.4 Å². The first-order chi connectivity index (χ1) is 18.7. The molecule has 1 saturated heterocycles. The minimum Gasteiger partial charge on any atom is -0.344 e. The number of hydrogen-bond acceptors (Lipinski definition) is 5. The summed E-state index contributed by atoms with van der Waals surface area (Å²) in [6, 6.07) is 14.3. The number of carbonyl (C=O) groups excluding carboxylic acids is 4. The molecule has 1 unspecified atom stereocenters. The van der Waals surface area contributed by atoms with E-state index in [-0.39, 0.29) is 36.2 Å². The number of nitrogens with one attached hydrogen (secondary N) is 3. The third-order valence-electron chi connectivity index (χ3n) is 6.54. The van der Waals surface area contributed by atoms with E-state index >= 15 is 0 Å². The van der Waals surface area contributed by atoms with Crippen LogP contribution in [-0.2, 0) is 9.59 Å². The van der Waals surface area contributed by atoms with Gasteiger partial charge in [-0.1, -0.05) is 50.2 Å². The lowest BCUT2D eigenvalue weighted by molar-refractivity contribution is -0.129. The summed E-state index contributed by atoms with van der Waals surface area (Å²) in [5, 5.41) is 8.94. The van der Waals surface area contributed by atoms with Crippen molar-refractivity contribution in [2.75, 3.05) is 18.4 Å². The van der Waals surface area contributed by atoms with Crippen molar-refractivity contribution in [1.82, 2.24) is 20.5 Å². The Morgan fingerprint density at radius 2 is 1.79 bits per heavy atom. The second-order valence-electron chi connectivity index (χ2n) is 10.0. The van der Waals surface area contributed by atoms with Gasteiger partial charge in [-0.2, -0.15) is 0 Å². The number of halogens is 1. The minimum atomic E-state index is -0.873. The maximum Gasteiger partial charge on any atom is 0.322 e. The molecule has 0 aliphatic carbocycles. The van der Waals surface area contributed by atoms with E-state index in [1.54, 1.807) is 18.2 Å². The summed E-state index contributed by atoms with van der Waals surface area (Å²) in [5.74, 6) is -1.78. The molecule has 0 bridgehead atoms. The van der Waals surface area contributed by atoms with Gasteiger partial charge in [0.15, 0.2) is 5.78 Å². The van der Waals surface area contributed by atoms with Crippen LogP contribution in [0.25, 0.3) is 10.9 Å². The van der Waals surface area contributed by atoms with Gasteiger partial charge in [0.2, 0.25) is 5.91 Å². The number of aromatic nitrogens is 1. The number of likely N-dealkylation sites (tertiary alicyclic amines) is 1. The number of urea groups is 1. The Morgan fingerprint density at radius 1 is 1.05 bits per heavy atom. The van der Waals surface area contributed by atoms with Crippen molar-refractivity contribution in [3.63, 3.8) is 0 Å². The van der Waals surface area contributed by atoms with Crippen LogP contribution in [0.4, 0.5) is 14.9 Å². The second kappa shape index (κ2) is 12.5. The van der Waals surface area contributed by atoms with Gasteiger partial charge in [0.25, 0.3) is 5.91 Å². The topological polar surface area (TPSA) is 120 Å². The molecule has 204 valence electrons. The van der Waals surface area contributed by atoms with Crippen LogP contribution in [0.1, 0.15) is 43.6 Å². The highest BCUT2D eigenvalue weighted by molar-refractivity contribution is 5.99. The summed E-state index contributed by atoms with van der Waals surface area (Å²) in [7, 11) is 0. The molecule has 4 amide bonds. The molecule has 2 heterocycles. The van der Waals surface area contributed by atoms with Crippen LogP contribution in [0, 0.1) is 11.7 Å². The molecule has 2 atom stereocenters. The number of hydrogen-bond donors (Lipinski definition) is 3. The second-order valence-corrected chi connectivity index (χ2v) is 10.0. The quantitative estimate of drug-likeness (QED) is 0.426. The van der Waals surface area contributed by atoms with Crippen molar-refractivity contribution < 1.29 is 23.6 Å². The molecule has 1 fully saturated rings. The summed E-state index contributed by atoms with van der Waals surface area (Å²) in [6.07, 6.45) is 1.16. The zero-order chi connectivity index (χ0) is 27.9. The molecule has 3 aromatic rings. The molecule has 9 nitrogen and oxygen atoms in total. The van der Waals surface area contributed by atoms with Crippen LogP contribution in [-0.4, -0.2) is 58.7 Å². The average Bonchev–Trinajstić information content (AvgIpc) is 3.10. The van der Waals surface area contributed by atoms with Gasteiger partial charge in [-0.25, -0.2) is 14.2 Å². The predicted molar refractivity (Wildman–Crippen MR) is 146 cm³/mol. The third kappa shape index (κ3) is 7.16. The van der Waals surface area contributed by atoms with E-state index in [4.69, 9.17) is 0 Å². The van der Waals surface area contributed by atoms with E-state index in [0.717, 1.165) is 5.39 Å². The summed E-state index contributed by atoms with van der Waals surface area (Å²) in [5.41, 5.74) is 0.886. The van der Waals surface area contributed by atoms with E-state index in [0.29, 0.717) is 24.8 Å². The predicted octanol–water partition coefficient (Wildman–Crippen LogP) is 3.90. The zero-order valence-corrected chi connectivity index (χ0v) is 21.9. The molecule has 1 aromatic heterocycles. The Kier molecular flexibility index (Phi) is 8.85. The summed E-state index contributed by atoms with van der Waals surface area (Å²) in [6.45, 7) is 3.92. The molecule has 4 rings (SSSR count).